The van der Waals surface area contributed by atoms with Crippen LogP contribution in [0.15, 0.2) is 23.1 Å². The third kappa shape index (κ3) is 5.28. The first-order valence-corrected chi connectivity index (χ1v) is 8.48. The quantitative estimate of drug-likeness (QED) is 0.504. The molecule has 22 heavy (non-hydrogen) atoms. The number of sulfonamides is 1. The Morgan fingerprint density at radius 2 is 2.00 bits per heavy atom. The predicted molar refractivity (Wildman–Crippen MR) is 83.6 cm³/mol. The Morgan fingerprint density at radius 3 is 2.55 bits per heavy atom. The van der Waals surface area contributed by atoms with Crippen LogP contribution in [0.3, 0.4) is 0 Å². The number of aliphatic hydroxyl groups excluding tert-OH is 1. The van der Waals surface area contributed by atoms with Crippen LogP contribution in [0.25, 0.3) is 0 Å². The fourth-order valence-corrected chi connectivity index (χ4v) is 2.92. The van der Waals surface area contributed by atoms with E-state index in [0.717, 1.165) is 6.07 Å². The number of anilines is 1. The van der Waals surface area contributed by atoms with Crippen LogP contribution in [0.2, 0.25) is 0 Å². The highest BCUT2D eigenvalue weighted by atomic mass is 32.2. The van der Waals surface area contributed by atoms with Crippen molar-refractivity contribution in [3.05, 3.63) is 23.8 Å². The van der Waals surface area contributed by atoms with E-state index in [9.17, 15) is 18.3 Å². The Balaban J connectivity index is 3.04. The summed E-state index contributed by atoms with van der Waals surface area (Å²) >= 11 is 0. The molecule has 8 heteroatoms. The number of rotatable bonds is 9. The Kier molecular flexibility index (Phi) is 6.79. The third-order valence-corrected chi connectivity index (χ3v) is 4.28. The molecule has 4 N–H and O–H groups in total. The fourth-order valence-electron chi connectivity index (χ4n) is 1.68. The number of aliphatic hydroxyl groups is 1. The summed E-state index contributed by atoms with van der Waals surface area (Å²) in [6.45, 7) is 4.41. The van der Waals surface area contributed by atoms with Crippen molar-refractivity contribution in [3.8, 4) is 0 Å². The molecule has 0 fully saturated rings. The molecule has 0 atom stereocenters. The predicted octanol–water partition coefficient (Wildman–Crippen LogP) is 1.11. The highest BCUT2D eigenvalue weighted by Gasteiger charge is 2.19. The molecule has 1 aromatic rings. The van der Waals surface area contributed by atoms with Gasteiger partial charge in [-0.05, 0) is 30.5 Å². The minimum absolute atomic E-state index is 0.0129. The van der Waals surface area contributed by atoms with E-state index in [1.54, 1.807) is 0 Å². The standard InChI is InChI=1S/C14H22N2O5S/c1-10(2)9-16-22(20,21)11-4-5-13(15-6-3-7-17)12(8-11)14(18)19/h4-5,8,10,15-17H,3,6-7,9H2,1-2H3,(H,18,19). The van der Waals surface area contributed by atoms with Crippen LogP contribution in [0, 0.1) is 5.92 Å². The zero-order chi connectivity index (χ0) is 16.8. The summed E-state index contributed by atoms with van der Waals surface area (Å²) in [7, 11) is -3.73. The second-order valence-electron chi connectivity index (χ2n) is 5.26. The highest BCUT2D eigenvalue weighted by Crippen LogP contribution is 2.21. The van der Waals surface area contributed by atoms with Gasteiger partial charge in [0.05, 0.1) is 10.5 Å². The summed E-state index contributed by atoms with van der Waals surface area (Å²) in [6.07, 6.45) is 0.467. The lowest BCUT2D eigenvalue weighted by Crippen LogP contribution is -2.27. The number of hydrogen-bond donors (Lipinski definition) is 4. The molecule has 0 heterocycles. The molecule has 7 nitrogen and oxygen atoms in total. The largest absolute Gasteiger partial charge is 0.478 e. The minimum atomic E-state index is -3.73. The van der Waals surface area contributed by atoms with Gasteiger partial charge in [0.2, 0.25) is 10.0 Å². The molecule has 0 aliphatic heterocycles. The summed E-state index contributed by atoms with van der Waals surface area (Å²) in [6, 6.07) is 3.91. The molecule has 1 rings (SSSR count). The highest BCUT2D eigenvalue weighted by molar-refractivity contribution is 7.89. The van der Waals surface area contributed by atoms with Gasteiger partial charge >= 0.3 is 5.97 Å². The van der Waals surface area contributed by atoms with E-state index in [1.807, 2.05) is 13.8 Å². The summed E-state index contributed by atoms with van der Waals surface area (Å²) in [5, 5.41) is 20.8. The maximum atomic E-state index is 12.1. The van der Waals surface area contributed by atoms with E-state index >= 15 is 0 Å². The molecule has 0 saturated heterocycles. The van der Waals surface area contributed by atoms with Crippen LogP contribution in [0.5, 0.6) is 0 Å². The summed E-state index contributed by atoms with van der Waals surface area (Å²) in [5.74, 6) is -1.07. The first-order valence-electron chi connectivity index (χ1n) is 6.99. The molecule has 124 valence electrons. The topological polar surface area (TPSA) is 116 Å². The minimum Gasteiger partial charge on any atom is -0.478 e. The van der Waals surface area contributed by atoms with E-state index in [2.05, 4.69) is 10.0 Å². The van der Waals surface area contributed by atoms with E-state index in [0.29, 0.717) is 18.7 Å². The van der Waals surface area contributed by atoms with Gasteiger partial charge in [-0.15, -0.1) is 0 Å². The summed E-state index contributed by atoms with van der Waals surface area (Å²) in [5.41, 5.74) is 0.203. The van der Waals surface area contributed by atoms with E-state index < -0.39 is 16.0 Å². The molecule has 0 radical (unpaired) electrons. The van der Waals surface area contributed by atoms with Crippen LogP contribution in [-0.2, 0) is 10.0 Å². The molecular weight excluding hydrogens is 308 g/mol. The SMILES string of the molecule is CC(C)CNS(=O)(=O)c1ccc(NCCCO)c(C(=O)O)c1. The summed E-state index contributed by atoms with van der Waals surface area (Å²) < 4.78 is 26.7. The van der Waals surface area contributed by atoms with Gasteiger partial charge in [0.15, 0.2) is 0 Å². The lowest BCUT2D eigenvalue weighted by atomic mass is 10.2. The molecule has 0 bridgehead atoms. The lowest BCUT2D eigenvalue weighted by molar-refractivity contribution is 0.0697. The Bertz CT molecular complexity index is 614. The van der Waals surface area contributed by atoms with Gasteiger partial charge in [0.1, 0.15) is 0 Å². The molecule has 0 aromatic heterocycles. The van der Waals surface area contributed by atoms with Gasteiger partial charge in [-0.1, -0.05) is 13.8 Å². The monoisotopic (exact) mass is 330 g/mol. The normalized spacial score (nSPS) is 11.6. The molecule has 0 amide bonds. The number of nitrogens with one attached hydrogen (secondary N) is 2. The van der Waals surface area contributed by atoms with Crippen LogP contribution < -0.4 is 10.0 Å². The average Bonchev–Trinajstić information content (AvgIpc) is 2.45. The first kappa shape index (κ1) is 18.4. The molecule has 0 spiro atoms. The fraction of sp³-hybridized carbons (Fsp3) is 0.500. The van der Waals surface area contributed by atoms with Crippen LogP contribution in [0.1, 0.15) is 30.6 Å². The van der Waals surface area contributed by atoms with Crippen molar-refractivity contribution in [2.45, 2.75) is 25.2 Å². The molecule has 1 aromatic carbocycles. The maximum absolute atomic E-state index is 12.1. The van der Waals surface area contributed by atoms with Crippen molar-refractivity contribution in [2.24, 2.45) is 5.92 Å². The van der Waals surface area contributed by atoms with Crippen LogP contribution in [0.4, 0.5) is 5.69 Å². The van der Waals surface area contributed by atoms with Crippen molar-refractivity contribution in [1.82, 2.24) is 4.72 Å². The van der Waals surface area contributed by atoms with Crippen LogP contribution >= 0.6 is 0 Å². The molecule has 0 aliphatic rings. The zero-order valence-corrected chi connectivity index (χ0v) is 13.5. The van der Waals surface area contributed by atoms with E-state index in [-0.39, 0.29) is 29.5 Å². The van der Waals surface area contributed by atoms with Crippen molar-refractivity contribution >= 4 is 21.7 Å². The Morgan fingerprint density at radius 1 is 1.32 bits per heavy atom. The number of carboxylic acid groups (broad SMARTS) is 1. The Labute approximate surface area is 130 Å². The third-order valence-electron chi connectivity index (χ3n) is 2.86. The second-order valence-corrected chi connectivity index (χ2v) is 7.03. The van der Waals surface area contributed by atoms with E-state index in [1.165, 1.54) is 12.1 Å². The number of carbonyl (C=O) groups is 1. The molecule has 0 saturated carbocycles. The zero-order valence-electron chi connectivity index (χ0n) is 12.7. The number of hydrogen-bond acceptors (Lipinski definition) is 5. The first-order chi connectivity index (χ1) is 10.3. The molecule has 0 aliphatic carbocycles. The van der Waals surface area contributed by atoms with Crippen molar-refractivity contribution < 1.29 is 23.4 Å². The van der Waals surface area contributed by atoms with Gasteiger partial charge in [0.25, 0.3) is 0 Å². The van der Waals surface area contributed by atoms with Gasteiger partial charge in [-0.3, -0.25) is 0 Å². The summed E-state index contributed by atoms with van der Waals surface area (Å²) in [4.78, 5) is 11.2. The number of benzene rings is 1. The average molecular weight is 330 g/mol. The van der Waals surface area contributed by atoms with Crippen molar-refractivity contribution in [2.75, 3.05) is 25.0 Å². The van der Waals surface area contributed by atoms with Gasteiger partial charge < -0.3 is 15.5 Å². The van der Waals surface area contributed by atoms with E-state index in [4.69, 9.17) is 5.11 Å². The molecular formula is C14H22N2O5S. The van der Waals surface area contributed by atoms with Gasteiger partial charge in [-0.25, -0.2) is 17.9 Å². The smallest absolute Gasteiger partial charge is 0.337 e. The van der Waals surface area contributed by atoms with Gasteiger partial charge in [-0.2, -0.15) is 0 Å². The molecule has 0 unspecified atom stereocenters. The van der Waals surface area contributed by atoms with Crippen molar-refractivity contribution in [1.29, 1.82) is 0 Å². The second kappa shape index (κ2) is 8.11. The maximum Gasteiger partial charge on any atom is 0.337 e. The van der Waals surface area contributed by atoms with Crippen LogP contribution in [-0.4, -0.2) is 44.3 Å². The Hall–Kier alpha value is -1.64. The lowest BCUT2D eigenvalue weighted by Gasteiger charge is -2.12. The number of aromatic carboxylic acids is 1. The number of carboxylic acids is 1. The van der Waals surface area contributed by atoms with Gasteiger partial charge in [0, 0.05) is 25.4 Å². The van der Waals surface area contributed by atoms with Crippen molar-refractivity contribution in [3.63, 3.8) is 0 Å².